The maximum absolute atomic E-state index is 13.7. The SMILES string of the molecule is Cc1ccc(C(C(=O)NCc2ccccc2)N(Cc2cccnc2)C(=O)c2ccccn2)cc1. The first-order chi connectivity index (χ1) is 16.6. The second-order valence-corrected chi connectivity index (χ2v) is 8.03. The Morgan fingerprint density at radius 1 is 0.853 bits per heavy atom. The molecule has 0 aliphatic rings. The zero-order valence-electron chi connectivity index (χ0n) is 19.0. The van der Waals surface area contributed by atoms with Gasteiger partial charge in [-0.1, -0.05) is 72.3 Å². The van der Waals surface area contributed by atoms with E-state index in [0.717, 1.165) is 22.3 Å². The highest BCUT2D eigenvalue weighted by Gasteiger charge is 2.32. The average molecular weight is 451 g/mol. The summed E-state index contributed by atoms with van der Waals surface area (Å²) in [5.41, 5.74) is 3.87. The summed E-state index contributed by atoms with van der Waals surface area (Å²) in [7, 11) is 0. The molecule has 0 aliphatic heterocycles. The summed E-state index contributed by atoms with van der Waals surface area (Å²) in [6, 6.07) is 25.4. The first-order valence-electron chi connectivity index (χ1n) is 11.1. The minimum absolute atomic E-state index is 0.209. The maximum atomic E-state index is 13.7. The van der Waals surface area contributed by atoms with Gasteiger partial charge in [0.1, 0.15) is 11.7 Å². The van der Waals surface area contributed by atoms with E-state index in [4.69, 9.17) is 0 Å². The monoisotopic (exact) mass is 450 g/mol. The van der Waals surface area contributed by atoms with Crippen molar-refractivity contribution in [3.05, 3.63) is 131 Å². The van der Waals surface area contributed by atoms with Crippen molar-refractivity contribution in [2.45, 2.75) is 26.1 Å². The van der Waals surface area contributed by atoms with Crippen LogP contribution in [-0.2, 0) is 17.9 Å². The van der Waals surface area contributed by atoms with Gasteiger partial charge in [-0.25, -0.2) is 0 Å². The van der Waals surface area contributed by atoms with Crippen LogP contribution in [0.3, 0.4) is 0 Å². The Hall–Kier alpha value is -4.32. The zero-order valence-corrected chi connectivity index (χ0v) is 19.0. The van der Waals surface area contributed by atoms with Crippen LogP contribution in [0.1, 0.15) is 38.8 Å². The molecular weight excluding hydrogens is 424 g/mol. The third-order valence-corrected chi connectivity index (χ3v) is 5.48. The van der Waals surface area contributed by atoms with Gasteiger partial charge < -0.3 is 10.2 Å². The minimum Gasteiger partial charge on any atom is -0.350 e. The predicted octanol–water partition coefficient (Wildman–Crippen LogP) is 4.49. The number of nitrogens with one attached hydrogen (secondary N) is 1. The van der Waals surface area contributed by atoms with Crippen LogP contribution in [0, 0.1) is 6.92 Å². The summed E-state index contributed by atoms with van der Waals surface area (Å²) in [5.74, 6) is -0.592. The second-order valence-electron chi connectivity index (χ2n) is 8.03. The van der Waals surface area contributed by atoms with Crippen molar-refractivity contribution in [1.82, 2.24) is 20.2 Å². The van der Waals surface area contributed by atoms with E-state index in [2.05, 4.69) is 15.3 Å². The summed E-state index contributed by atoms with van der Waals surface area (Å²) in [6.07, 6.45) is 4.96. The Morgan fingerprint density at radius 3 is 2.26 bits per heavy atom. The maximum Gasteiger partial charge on any atom is 0.273 e. The zero-order chi connectivity index (χ0) is 23.8. The third kappa shape index (κ3) is 5.72. The van der Waals surface area contributed by atoms with Crippen LogP contribution in [0.2, 0.25) is 0 Å². The molecule has 4 rings (SSSR count). The highest BCUT2D eigenvalue weighted by molar-refractivity contribution is 5.96. The van der Waals surface area contributed by atoms with E-state index in [9.17, 15) is 9.59 Å². The first-order valence-corrected chi connectivity index (χ1v) is 11.1. The first kappa shape index (κ1) is 22.9. The van der Waals surface area contributed by atoms with Crippen LogP contribution in [0.4, 0.5) is 0 Å². The summed E-state index contributed by atoms with van der Waals surface area (Å²) in [4.78, 5) is 37.3. The molecule has 4 aromatic rings. The molecular formula is C28H26N4O2. The van der Waals surface area contributed by atoms with E-state index in [1.807, 2.05) is 73.7 Å². The molecule has 0 aliphatic carbocycles. The number of carbonyl (C=O) groups is 2. The number of carbonyl (C=O) groups excluding carboxylic acids is 2. The van der Waals surface area contributed by atoms with Gasteiger partial charge in [-0.05, 0) is 41.8 Å². The van der Waals surface area contributed by atoms with Crippen molar-refractivity contribution in [3.8, 4) is 0 Å². The largest absolute Gasteiger partial charge is 0.350 e. The summed E-state index contributed by atoms with van der Waals surface area (Å²) in [5, 5.41) is 3.02. The molecule has 0 bridgehead atoms. The molecule has 2 aromatic carbocycles. The van der Waals surface area contributed by atoms with Gasteiger partial charge in [0.2, 0.25) is 5.91 Å². The number of hydrogen-bond donors (Lipinski definition) is 1. The quantitative estimate of drug-likeness (QED) is 0.429. The Balaban J connectivity index is 1.72. The highest BCUT2D eigenvalue weighted by atomic mass is 16.2. The van der Waals surface area contributed by atoms with Gasteiger partial charge in [0, 0.05) is 31.7 Å². The molecule has 0 fully saturated rings. The van der Waals surface area contributed by atoms with Crippen molar-refractivity contribution in [2.24, 2.45) is 0 Å². The molecule has 6 nitrogen and oxygen atoms in total. The van der Waals surface area contributed by atoms with Crippen LogP contribution >= 0.6 is 0 Å². The fraction of sp³-hybridized carbons (Fsp3) is 0.143. The van der Waals surface area contributed by atoms with Crippen molar-refractivity contribution < 1.29 is 9.59 Å². The van der Waals surface area contributed by atoms with Crippen molar-refractivity contribution >= 4 is 11.8 Å². The van der Waals surface area contributed by atoms with Gasteiger partial charge in [0.05, 0.1) is 0 Å². The lowest BCUT2D eigenvalue weighted by atomic mass is 10.0. The van der Waals surface area contributed by atoms with Crippen LogP contribution in [0.5, 0.6) is 0 Å². The second kappa shape index (κ2) is 11.0. The van der Waals surface area contributed by atoms with E-state index in [1.54, 1.807) is 41.7 Å². The summed E-state index contributed by atoms with van der Waals surface area (Å²) < 4.78 is 0. The van der Waals surface area contributed by atoms with Crippen LogP contribution in [0.25, 0.3) is 0 Å². The molecule has 0 saturated carbocycles. The van der Waals surface area contributed by atoms with Crippen LogP contribution in [-0.4, -0.2) is 26.7 Å². The Morgan fingerprint density at radius 2 is 1.59 bits per heavy atom. The summed E-state index contributed by atoms with van der Waals surface area (Å²) >= 11 is 0. The van der Waals surface area contributed by atoms with E-state index in [-0.39, 0.29) is 24.1 Å². The molecule has 0 spiro atoms. The van der Waals surface area contributed by atoms with Gasteiger partial charge in [-0.3, -0.25) is 19.6 Å². The number of benzene rings is 2. The molecule has 2 heterocycles. The fourth-order valence-electron chi connectivity index (χ4n) is 3.71. The van der Waals surface area contributed by atoms with Gasteiger partial charge in [0.15, 0.2) is 0 Å². The van der Waals surface area contributed by atoms with E-state index in [0.29, 0.717) is 6.54 Å². The standard InChI is InChI=1S/C28H26N4O2/c1-21-12-14-24(15-13-21)26(27(33)31-19-22-8-3-2-4-9-22)32(20-23-10-7-16-29-18-23)28(34)25-11-5-6-17-30-25/h2-18,26H,19-20H2,1H3,(H,31,33). The number of aromatic nitrogens is 2. The van der Waals surface area contributed by atoms with Crippen molar-refractivity contribution in [2.75, 3.05) is 0 Å². The molecule has 2 amide bonds. The number of rotatable bonds is 8. The minimum atomic E-state index is -0.848. The van der Waals surface area contributed by atoms with E-state index in [1.165, 1.54) is 0 Å². The van der Waals surface area contributed by atoms with Gasteiger partial charge in [-0.15, -0.1) is 0 Å². The Bertz CT molecular complexity index is 1210. The molecule has 1 atom stereocenters. The van der Waals surface area contributed by atoms with Gasteiger partial charge in [-0.2, -0.15) is 0 Å². The number of amides is 2. The topological polar surface area (TPSA) is 75.2 Å². The lowest BCUT2D eigenvalue weighted by Gasteiger charge is -2.31. The number of pyridine rings is 2. The van der Waals surface area contributed by atoms with Gasteiger partial charge >= 0.3 is 0 Å². The smallest absolute Gasteiger partial charge is 0.273 e. The predicted molar refractivity (Wildman–Crippen MR) is 131 cm³/mol. The molecule has 0 saturated heterocycles. The molecule has 34 heavy (non-hydrogen) atoms. The Kier molecular flexibility index (Phi) is 7.40. The molecule has 0 radical (unpaired) electrons. The molecule has 1 N–H and O–H groups in total. The van der Waals surface area contributed by atoms with Crippen LogP contribution < -0.4 is 5.32 Å². The highest BCUT2D eigenvalue weighted by Crippen LogP contribution is 2.26. The van der Waals surface area contributed by atoms with E-state index >= 15 is 0 Å². The third-order valence-electron chi connectivity index (χ3n) is 5.48. The number of hydrogen-bond acceptors (Lipinski definition) is 4. The molecule has 2 aromatic heterocycles. The molecule has 170 valence electrons. The number of nitrogens with zero attached hydrogens (tertiary/aromatic N) is 3. The fourth-order valence-corrected chi connectivity index (χ4v) is 3.71. The van der Waals surface area contributed by atoms with Crippen molar-refractivity contribution in [3.63, 3.8) is 0 Å². The lowest BCUT2D eigenvalue weighted by Crippen LogP contribution is -2.43. The van der Waals surface area contributed by atoms with Crippen molar-refractivity contribution in [1.29, 1.82) is 0 Å². The molecule has 6 heteroatoms. The Labute approximate surface area is 199 Å². The number of aryl methyl sites for hydroxylation is 1. The van der Waals surface area contributed by atoms with Gasteiger partial charge in [0.25, 0.3) is 5.91 Å². The average Bonchev–Trinajstić information content (AvgIpc) is 2.89. The van der Waals surface area contributed by atoms with Crippen LogP contribution in [0.15, 0.2) is 104 Å². The lowest BCUT2D eigenvalue weighted by molar-refractivity contribution is -0.126. The summed E-state index contributed by atoms with van der Waals surface area (Å²) in [6.45, 7) is 2.56. The molecule has 1 unspecified atom stereocenters. The van der Waals surface area contributed by atoms with E-state index < -0.39 is 6.04 Å². The normalized spacial score (nSPS) is 11.4.